The van der Waals surface area contributed by atoms with Crippen molar-refractivity contribution in [2.24, 2.45) is 7.05 Å². The number of hydrogen-bond donors (Lipinski definition) is 0. The molecule has 1 saturated carbocycles. The normalized spacial score (nSPS) is 21.6. The second-order valence-corrected chi connectivity index (χ2v) is 7.77. The smallest absolute Gasteiger partial charge is 0.257 e. The standard InChI is InChI=1S/C18H26N6O2/c1-11(2)15-13(9-23(4)20-15)18(25)24-8-7-22(3)14(10-24)17-19-16(21-26-17)12-5-6-12/h9,11-12,14H,5-8,10H2,1-4H3/t14-/m0/s1. The number of piperazine rings is 1. The van der Waals surface area contributed by atoms with E-state index in [1.165, 1.54) is 0 Å². The molecule has 8 nitrogen and oxygen atoms in total. The monoisotopic (exact) mass is 358 g/mol. The lowest BCUT2D eigenvalue weighted by Gasteiger charge is -2.37. The van der Waals surface area contributed by atoms with E-state index in [2.05, 4.69) is 34.0 Å². The summed E-state index contributed by atoms with van der Waals surface area (Å²) in [5.41, 5.74) is 1.54. The molecule has 0 bridgehead atoms. The van der Waals surface area contributed by atoms with Crippen LogP contribution in [-0.4, -0.2) is 62.3 Å². The molecule has 1 saturated heterocycles. The first-order valence-corrected chi connectivity index (χ1v) is 9.30. The molecule has 0 N–H and O–H groups in total. The first-order chi connectivity index (χ1) is 12.4. The first-order valence-electron chi connectivity index (χ1n) is 9.30. The van der Waals surface area contributed by atoms with Crippen LogP contribution in [0.5, 0.6) is 0 Å². The van der Waals surface area contributed by atoms with Crippen LogP contribution in [0.1, 0.15) is 72.3 Å². The Morgan fingerprint density at radius 2 is 2.04 bits per heavy atom. The minimum Gasteiger partial charge on any atom is -0.338 e. The average Bonchev–Trinajstić information content (AvgIpc) is 3.20. The Hall–Kier alpha value is -2.22. The second-order valence-electron chi connectivity index (χ2n) is 7.77. The van der Waals surface area contributed by atoms with Crippen molar-refractivity contribution in [3.63, 3.8) is 0 Å². The molecule has 1 aliphatic heterocycles. The second kappa shape index (κ2) is 6.50. The van der Waals surface area contributed by atoms with E-state index in [4.69, 9.17) is 4.52 Å². The van der Waals surface area contributed by atoms with E-state index in [1.807, 2.05) is 25.2 Å². The van der Waals surface area contributed by atoms with Crippen LogP contribution in [0.25, 0.3) is 0 Å². The molecule has 2 aliphatic rings. The molecular formula is C18H26N6O2. The Morgan fingerprint density at radius 3 is 2.73 bits per heavy atom. The van der Waals surface area contributed by atoms with Crippen molar-refractivity contribution >= 4 is 5.91 Å². The van der Waals surface area contributed by atoms with Crippen molar-refractivity contribution in [1.82, 2.24) is 29.7 Å². The number of likely N-dealkylation sites (N-methyl/N-ethyl adjacent to an activating group) is 1. The molecule has 8 heteroatoms. The zero-order chi connectivity index (χ0) is 18.4. The zero-order valence-corrected chi connectivity index (χ0v) is 15.8. The van der Waals surface area contributed by atoms with E-state index < -0.39 is 0 Å². The maximum Gasteiger partial charge on any atom is 0.257 e. The summed E-state index contributed by atoms with van der Waals surface area (Å²) in [6, 6.07) is -0.0631. The van der Waals surface area contributed by atoms with Gasteiger partial charge in [-0.1, -0.05) is 19.0 Å². The van der Waals surface area contributed by atoms with E-state index in [9.17, 15) is 4.79 Å². The molecule has 0 spiro atoms. The van der Waals surface area contributed by atoms with Crippen molar-refractivity contribution < 1.29 is 9.32 Å². The lowest BCUT2D eigenvalue weighted by molar-refractivity contribution is 0.0487. The third-order valence-electron chi connectivity index (χ3n) is 5.25. The van der Waals surface area contributed by atoms with Gasteiger partial charge in [0.1, 0.15) is 6.04 Å². The zero-order valence-electron chi connectivity index (χ0n) is 15.8. The van der Waals surface area contributed by atoms with Gasteiger partial charge in [0.2, 0.25) is 5.89 Å². The van der Waals surface area contributed by atoms with Crippen molar-refractivity contribution in [1.29, 1.82) is 0 Å². The molecule has 0 aromatic carbocycles. The maximum atomic E-state index is 13.1. The van der Waals surface area contributed by atoms with Crippen molar-refractivity contribution in [2.75, 3.05) is 26.7 Å². The topological polar surface area (TPSA) is 80.3 Å². The summed E-state index contributed by atoms with van der Waals surface area (Å²) >= 11 is 0. The van der Waals surface area contributed by atoms with Gasteiger partial charge in [-0.15, -0.1) is 0 Å². The minimum absolute atomic E-state index is 0.0295. The number of hydrogen-bond acceptors (Lipinski definition) is 6. The van der Waals surface area contributed by atoms with E-state index in [0.717, 1.165) is 30.9 Å². The molecule has 4 rings (SSSR count). The van der Waals surface area contributed by atoms with Crippen molar-refractivity contribution in [2.45, 2.75) is 44.6 Å². The van der Waals surface area contributed by atoms with Crippen LogP contribution < -0.4 is 0 Å². The summed E-state index contributed by atoms with van der Waals surface area (Å²) in [6.07, 6.45) is 4.11. The van der Waals surface area contributed by atoms with Gasteiger partial charge in [0.25, 0.3) is 5.91 Å². The molecule has 140 valence electrons. The van der Waals surface area contributed by atoms with Crippen LogP contribution in [0.15, 0.2) is 10.7 Å². The van der Waals surface area contributed by atoms with Crippen LogP contribution in [0.3, 0.4) is 0 Å². The summed E-state index contributed by atoms with van der Waals surface area (Å²) in [6.45, 7) is 6.12. The van der Waals surface area contributed by atoms with Crippen LogP contribution in [-0.2, 0) is 7.05 Å². The van der Waals surface area contributed by atoms with Gasteiger partial charge in [-0.25, -0.2) is 0 Å². The number of rotatable bonds is 4. The highest BCUT2D eigenvalue weighted by atomic mass is 16.5. The molecule has 1 amide bonds. The molecule has 2 aromatic heterocycles. The fourth-order valence-electron chi connectivity index (χ4n) is 3.48. The fraction of sp³-hybridized carbons (Fsp3) is 0.667. The first kappa shape index (κ1) is 17.2. The minimum atomic E-state index is -0.0631. The Bertz CT molecular complexity index is 806. The van der Waals surface area contributed by atoms with Gasteiger partial charge in [-0.05, 0) is 25.8 Å². The van der Waals surface area contributed by atoms with Gasteiger partial charge in [0, 0.05) is 38.8 Å². The van der Waals surface area contributed by atoms with E-state index >= 15 is 0 Å². The summed E-state index contributed by atoms with van der Waals surface area (Å²) < 4.78 is 7.24. The van der Waals surface area contributed by atoms with Crippen LogP contribution >= 0.6 is 0 Å². The summed E-state index contributed by atoms with van der Waals surface area (Å²) in [7, 11) is 3.89. The van der Waals surface area contributed by atoms with Gasteiger partial charge < -0.3 is 9.42 Å². The molecule has 1 atom stereocenters. The van der Waals surface area contributed by atoms with E-state index in [1.54, 1.807) is 4.68 Å². The predicted octanol–water partition coefficient (Wildman–Crippen LogP) is 1.93. The van der Waals surface area contributed by atoms with Gasteiger partial charge >= 0.3 is 0 Å². The molecule has 0 radical (unpaired) electrons. The van der Waals surface area contributed by atoms with Crippen molar-refractivity contribution in [3.05, 3.63) is 29.2 Å². The number of amides is 1. The van der Waals surface area contributed by atoms with Crippen LogP contribution in [0.4, 0.5) is 0 Å². The molecule has 0 unspecified atom stereocenters. The summed E-state index contributed by atoms with van der Waals surface area (Å²) in [5.74, 6) is 2.12. The lowest BCUT2D eigenvalue weighted by atomic mass is 10.0. The number of aryl methyl sites for hydroxylation is 1. The Labute approximate surface area is 153 Å². The SMILES string of the molecule is CC(C)c1nn(C)cc1C(=O)N1CCN(C)[C@H](c2nc(C3CC3)no2)C1. The third-order valence-corrected chi connectivity index (χ3v) is 5.25. The fourth-order valence-corrected chi connectivity index (χ4v) is 3.48. The number of carbonyl (C=O) groups excluding carboxylic acids is 1. The average molecular weight is 358 g/mol. The summed E-state index contributed by atoms with van der Waals surface area (Å²) in [5, 5.41) is 8.59. The highest BCUT2D eigenvalue weighted by Gasteiger charge is 2.36. The quantitative estimate of drug-likeness (QED) is 0.831. The highest BCUT2D eigenvalue weighted by Crippen LogP contribution is 2.39. The largest absolute Gasteiger partial charge is 0.338 e. The molecular weight excluding hydrogens is 332 g/mol. The number of nitrogens with zero attached hydrogens (tertiary/aromatic N) is 6. The number of carbonyl (C=O) groups is 1. The number of aromatic nitrogens is 4. The predicted molar refractivity (Wildman–Crippen MR) is 94.8 cm³/mol. The van der Waals surface area contributed by atoms with Crippen molar-refractivity contribution in [3.8, 4) is 0 Å². The van der Waals surface area contributed by atoms with Gasteiger partial charge in [-0.3, -0.25) is 14.4 Å². The van der Waals surface area contributed by atoms with Gasteiger partial charge in [-0.2, -0.15) is 10.1 Å². The van der Waals surface area contributed by atoms with Crippen LogP contribution in [0, 0.1) is 0 Å². The van der Waals surface area contributed by atoms with E-state index in [-0.39, 0.29) is 17.9 Å². The Balaban J connectivity index is 1.54. The Morgan fingerprint density at radius 1 is 1.27 bits per heavy atom. The molecule has 26 heavy (non-hydrogen) atoms. The third kappa shape index (κ3) is 3.13. The highest BCUT2D eigenvalue weighted by molar-refractivity contribution is 5.95. The van der Waals surface area contributed by atoms with Crippen LogP contribution in [0.2, 0.25) is 0 Å². The lowest BCUT2D eigenvalue weighted by Crippen LogP contribution is -2.49. The Kier molecular flexibility index (Phi) is 4.30. The molecule has 2 aromatic rings. The van der Waals surface area contributed by atoms with Gasteiger partial charge in [0.15, 0.2) is 5.82 Å². The molecule has 1 aliphatic carbocycles. The summed E-state index contributed by atoms with van der Waals surface area (Å²) in [4.78, 5) is 21.8. The van der Waals surface area contributed by atoms with Gasteiger partial charge in [0.05, 0.1) is 11.3 Å². The maximum absolute atomic E-state index is 13.1. The molecule has 2 fully saturated rings. The van der Waals surface area contributed by atoms with E-state index in [0.29, 0.717) is 30.5 Å². The molecule has 3 heterocycles.